The number of aromatic amines is 1. The van der Waals surface area contributed by atoms with Crippen molar-refractivity contribution >= 4 is 32.6 Å². The van der Waals surface area contributed by atoms with Gasteiger partial charge in [0.25, 0.3) is 10.0 Å². The molecule has 0 saturated heterocycles. The summed E-state index contributed by atoms with van der Waals surface area (Å²) in [5.74, 6) is -0.432. The third-order valence-corrected chi connectivity index (χ3v) is 6.16. The number of ether oxygens (including phenoxy) is 1. The zero-order chi connectivity index (χ0) is 19.0. The summed E-state index contributed by atoms with van der Waals surface area (Å²) in [6.45, 7) is 2.02. The second kappa shape index (κ2) is 6.74. The zero-order valence-corrected chi connectivity index (χ0v) is 15.7. The monoisotopic (exact) mass is 384 g/mol. The topological polar surface area (TPSA) is 88.3 Å². The number of sulfonamides is 1. The van der Waals surface area contributed by atoms with Gasteiger partial charge in [-0.05, 0) is 74.2 Å². The number of benzene rings is 2. The molecule has 27 heavy (non-hydrogen) atoms. The highest BCUT2D eigenvalue weighted by Gasteiger charge is 2.20. The molecule has 0 bridgehead atoms. The molecule has 1 heterocycles. The average Bonchev–Trinajstić information content (AvgIpc) is 3.23. The molecule has 0 fully saturated rings. The van der Waals surface area contributed by atoms with E-state index in [4.69, 9.17) is 4.74 Å². The molecule has 7 heteroatoms. The fourth-order valence-electron chi connectivity index (χ4n) is 3.49. The highest BCUT2D eigenvalue weighted by atomic mass is 32.2. The second-order valence-electron chi connectivity index (χ2n) is 6.55. The number of hydrogen-bond acceptors (Lipinski definition) is 4. The summed E-state index contributed by atoms with van der Waals surface area (Å²) >= 11 is 0. The van der Waals surface area contributed by atoms with Crippen molar-refractivity contribution in [2.24, 2.45) is 0 Å². The quantitative estimate of drug-likeness (QED) is 0.658. The minimum atomic E-state index is -3.72. The first kappa shape index (κ1) is 17.6. The van der Waals surface area contributed by atoms with Crippen LogP contribution in [0.1, 0.15) is 35.0 Å². The van der Waals surface area contributed by atoms with Crippen LogP contribution < -0.4 is 4.72 Å². The number of rotatable bonds is 5. The normalized spacial score (nSPS) is 13.5. The molecule has 6 nitrogen and oxygen atoms in total. The Balaban J connectivity index is 1.60. The number of nitrogens with one attached hydrogen (secondary N) is 2. The van der Waals surface area contributed by atoms with E-state index in [9.17, 15) is 13.2 Å². The van der Waals surface area contributed by atoms with E-state index in [1.165, 1.54) is 23.4 Å². The van der Waals surface area contributed by atoms with E-state index in [0.29, 0.717) is 17.9 Å². The number of esters is 1. The Bertz CT molecular complexity index is 1110. The van der Waals surface area contributed by atoms with Crippen LogP contribution in [0.2, 0.25) is 0 Å². The lowest BCUT2D eigenvalue weighted by molar-refractivity contribution is 0.0526. The van der Waals surface area contributed by atoms with Crippen LogP contribution in [0, 0.1) is 0 Å². The number of aryl methyl sites for hydroxylation is 2. The third kappa shape index (κ3) is 3.30. The molecule has 0 radical (unpaired) electrons. The van der Waals surface area contributed by atoms with Gasteiger partial charge in [-0.3, -0.25) is 4.72 Å². The molecule has 0 saturated carbocycles. The van der Waals surface area contributed by atoms with Gasteiger partial charge in [-0.1, -0.05) is 0 Å². The maximum absolute atomic E-state index is 12.8. The number of anilines is 1. The molecule has 2 aromatic carbocycles. The molecule has 1 aliphatic rings. The molecule has 2 N–H and O–H groups in total. The van der Waals surface area contributed by atoms with E-state index in [2.05, 4.69) is 9.71 Å². The van der Waals surface area contributed by atoms with Crippen LogP contribution in [0.5, 0.6) is 0 Å². The van der Waals surface area contributed by atoms with Gasteiger partial charge in [-0.25, -0.2) is 13.2 Å². The molecule has 140 valence electrons. The summed E-state index contributed by atoms with van der Waals surface area (Å²) in [7, 11) is -3.72. The van der Waals surface area contributed by atoms with Crippen molar-refractivity contribution < 1.29 is 17.9 Å². The van der Waals surface area contributed by atoms with Gasteiger partial charge in [-0.15, -0.1) is 0 Å². The van der Waals surface area contributed by atoms with Gasteiger partial charge in [0.1, 0.15) is 0 Å². The van der Waals surface area contributed by atoms with Crippen molar-refractivity contribution in [1.29, 1.82) is 0 Å². The van der Waals surface area contributed by atoms with Gasteiger partial charge >= 0.3 is 5.97 Å². The van der Waals surface area contributed by atoms with Crippen molar-refractivity contribution in [3.63, 3.8) is 0 Å². The molecule has 0 unspecified atom stereocenters. The number of fused-ring (bicyclic) bond motifs is 3. The minimum Gasteiger partial charge on any atom is -0.462 e. The number of carbonyl (C=O) groups is 1. The molecule has 0 amide bonds. The van der Waals surface area contributed by atoms with E-state index in [-0.39, 0.29) is 4.90 Å². The summed E-state index contributed by atoms with van der Waals surface area (Å²) in [4.78, 5) is 15.3. The second-order valence-corrected chi connectivity index (χ2v) is 8.23. The van der Waals surface area contributed by atoms with Gasteiger partial charge < -0.3 is 9.72 Å². The lowest BCUT2D eigenvalue weighted by Gasteiger charge is -2.09. The zero-order valence-electron chi connectivity index (χ0n) is 14.9. The molecule has 1 aliphatic carbocycles. The van der Waals surface area contributed by atoms with Gasteiger partial charge in [0.2, 0.25) is 0 Å². The minimum absolute atomic E-state index is 0.221. The van der Waals surface area contributed by atoms with Crippen LogP contribution in [0.3, 0.4) is 0 Å². The lowest BCUT2D eigenvalue weighted by atomic mass is 10.1. The first-order chi connectivity index (χ1) is 13.0. The smallest absolute Gasteiger partial charge is 0.338 e. The van der Waals surface area contributed by atoms with E-state index in [0.717, 1.165) is 30.2 Å². The Morgan fingerprint density at radius 1 is 1.15 bits per heavy atom. The number of hydrogen-bond donors (Lipinski definition) is 2. The van der Waals surface area contributed by atoms with Gasteiger partial charge in [-0.2, -0.15) is 0 Å². The predicted molar refractivity (Wildman–Crippen MR) is 104 cm³/mol. The van der Waals surface area contributed by atoms with Crippen molar-refractivity contribution in [3.05, 3.63) is 59.3 Å². The van der Waals surface area contributed by atoms with Crippen molar-refractivity contribution in [3.8, 4) is 0 Å². The van der Waals surface area contributed by atoms with E-state index >= 15 is 0 Å². The molecule has 0 spiro atoms. The molecule has 0 atom stereocenters. The van der Waals surface area contributed by atoms with E-state index in [1.54, 1.807) is 31.2 Å². The Morgan fingerprint density at radius 3 is 2.67 bits per heavy atom. The summed E-state index contributed by atoms with van der Waals surface area (Å²) in [6, 6.07) is 11.3. The number of aromatic nitrogens is 1. The Hall–Kier alpha value is -2.80. The van der Waals surface area contributed by atoms with Gasteiger partial charge in [0, 0.05) is 22.3 Å². The molecular weight excluding hydrogens is 364 g/mol. The summed E-state index contributed by atoms with van der Waals surface area (Å²) in [5.41, 5.74) is 4.17. The fraction of sp³-hybridized carbons (Fsp3) is 0.250. The van der Waals surface area contributed by atoms with E-state index in [1.807, 2.05) is 6.07 Å². The maximum atomic E-state index is 12.8. The fourth-order valence-corrected chi connectivity index (χ4v) is 4.58. The number of H-pyrrole nitrogens is 1. The van der Waals surface area contributed by atoms with Crippen LogP contribution in [-0.2, 0) is 27.6 Å². The maximum Gasteiger partial charge on any atom is 0.338 e. The van der Waals surface area contributed by atoms with E-state index < -0.39 is 16.0 Å². The van der Waals surface area contributed by atoms with Crippen LogP contribution in [0.25, 0.3) is 10.9 Å². The largest absolute Gasteiger partial charge is 0.462 e. The first-order valence-corrected chi connectivity index (χ1v) is 10.4. The Morgan fingerprint density at radius 2 is 1.93 bits per heavy atom. The Labute approximate surface area is 157 Å². The highest BCUT2D eigenvalue weighted by molar-refractivity contribution is 7.92. The molecular formula is C20H20N2O4S. The first-order valence-electron chi connectivity index (χ1n) is 8.91. The highest BCUT2D eigenvalue weighted by Crippen LogP contribution is 2.31. The van der Waals surface area contributed by atoms with Crippen molar-refractivity contribution in [2.75, 3.05) is 11.3 Å². The van der Waals surface area contributed by atoms with Crippen LogP contribution >= 0.6 is 0 Å². The summed E-state index contributed by atoms with van der Waals surface area (Å²) in [5, 5.41) is 0.975. The predicted octanol–water partition coefficient (Wildman–Crippen LogP) is 3.63. The Kier molecular flexibility index (Phi) is 4.39. The SMILES string of the molecule is CCOC(=O)c1ccc(NS(=O)(=O)c2ccc3[nH]c4c(c3c2)CCC4)cc1. The van der Waals surface area contributed by atoms with Crippen molar-refractivity contribution in [1.82, 2.24) is 4.98 Å². The number of carbonyl (C=O) groups excluding carboxylic acids is 1. The summed E-state index contributed by atoms with van der Waals surface area (Å²) in [6.07, 6.45) is 3.08. The van der Waals surface area contributed by atoms with Crippen molar-refractivity contribution in [2.45, 2.75) is 31.1 Å². The van der Waals surface area contributed by atoms with Crippen LogP contribution in [0.15, 0.2) is 47.4 Å². The third-order valence-electron chi connectivity index (χ3n) is 4.78. The van der Waals surface area contributed by atoms with Gasteiger partial charge in [0.15, 0.2) is 0 Å². The van der Waals surface area contributed by atoms with Gasteiger partial charge in [0.05, 0.1) is 17.1 Å². The van der Waals surface area contributed by atoms with Crippen LogP contribution in [0.4, 0.5) is 5.69 Å². The average molecular weight is 384 g/mol. The molecule has 0 aliphatic heterocycles. The standard InChI is InChI=1S/C20H20N2O4S/c1-2-26-20(23)13-6-8-14(9-7-13)22-27(24,25)15-10-11-19-17(12-15)16-4-3-5-18(16)21-19/h6-12,21-22H,2-5H2,1H3. The van der Waals surface area contributed by atoms with Crippen LogP contribution in [-0.4, -0.2) is 26.0 Å². The molecule has 4 rings (SSSR count). The summed E-state index contributed by atoms with van der Waals surface area (Å²) < 4.78 is 33.0. The lowest BCUT2D eigenvalue weighted by Crippen LogP contribution is -2.13. The molecule has 1 aromatic heterocycles. The molecule has 3 aromatic rings.